The molecule has 146 valence electrons. The monoisotopic (exact) mass is 413 g/mol. The lowest BCUT2D eigenvalue weighted by molar-refractivity contribution is -0.114. The van der Waals surface area contributed by atoms with E-state index in [-0.39, 0.29) is 27.1 Å². The molecule has 2 aromatic rings. The number of methoxy groups -OCH3 is 1. The Hall–Kier alpha value is -2.63. The highest BCUT2D eigenvalue weighted by molar-refractivity contribution is 7.92. The van der Waals surface area contributed by atoms with Crippen LogP contribution in [0, 0.1) is 0 Å². The van der Waals surface area contributed by atoms with Crippen molar-refractivity contribution in [1.82, 2.24) is 4.72 Å². The third kappa shape index (κ3) is 4.96. The number of ether oxygens (including phenoxy) is 1. The van der Waals surface area contributed by atoms with Crippen LogP contribution in [0.15, 0.2) is 52.3 Å². The van der Waals surface area contributed by atoms with E-state index in [2.05, 4.69) is 14.8 Å². The molecule has 3 N–H and O–H groups in total. The molecule has 11 heteroatoms. The van der Waals surface area contributed by atoms with Crippen molar-refractivity contribution in [2.45, 2.75) is 16.7 Å². The van der Waals surface area contributed by atoms with Gasteiger partial charge in [-0.1, -0.05) is 0 Å². The molecule has 0 spiro atoms. The zero-order valence-corrected chi connectivity index (χ0v) is 16.4. The van der Waals surface area contributed by atoms with Crippen LogP contribution >= 0.6 is 0 Å². The van der Waals surface area contributed by atoms with Gasteiger partial charge in [-0.05, 0) is 49.5 Å². The van der Waals surface area contributed by atoms with Crippen LogP contribution in [0.5, 0.6) is 5.75 Å². The minimum Gasteiger partial charge on any atom is -0.495 e. The van der Waals surface area contributed by atoms with Crippen molar-refractivity contribution in [3.63, 3.8) is 0 Å². The molecule has 0 aliphatic rings. The summed E-state index contributed by atoms with van der Waals surface area (Å²) in [6, 6.07) is 9.39. The SMILES string of the molecule is CNS(=O)(=O)c1ccc(NS(=O)(=O)c2cc(NC(C)=O)ccc2OC)cc1. The van der Waals surface area contributed by atoms with Crippen LogP contribution in [-0.4, -0.2) is 36.9 Å². The number of carbonyl (C=O) groups excluding carboxylic acids is 1. The van der Waals surface area contributed by atoms with Crippen LogP contribution in [-0.2, 0) is 24.8 Å². The maximum atomic E-state index is 12.7. The molecule has 0 fully saturated rings. The van der Waals surface area contributed by atoms with Gasteiger partial charge in [0.1, 0.15) is 10.6 Å². The lowest BCUT2D eigenvalue weighted by Crippen LogP contribution is -2.18. The molecule has 0 radical (unpaired) electrons. The van der Waals surface area contributed by atoms with Gasteiger partial charge in [-0.25, -0.2) is 21.6 Å². The van der Waals surface area contributed by atoms with E-state index in [0.29, 0.717) is 5.69 Å². The summed E-state index contributed by atoms with van der Waals surface area (Å²) in [5.74, 6) is -0.260. The minimum absolute atomic E-state index is 0.00168. The molecule has 0 atom stereocenters. The first-order valence-corrected chi connectivity index (χ1v) is 10.6. The highest BCUT2D eigenvalue weighted by atomic mass is 32.2. The van der Waals surface area contributed by atoms with Crippen LogP contribution in [0.4, 0.5) is 11.4 Å². The molecule has 1 amide bonds. The number of anilines is 2. The van der Waals surface area contributed by atoms with Crippen LogP contribution in [0.25, 0.3) is 0 Å². The fraction of sp³-hybridized carbons (Fsp3) is 0.188. The van der Waals surface area contributed by atoms with Crippen LogP contribution in [0.1, 0.15) is 6.92 Å². The molecule has 2 aromatic carbocycles. The Kier molecular flexibility index (Phi) is 6.08. The van der Waals surface area contributed by atoms with E-state index < -0.39 is 20.0 Å². The predicted molar refractivity (Wildman–Crippen MR) is 101 cm³/mol. The van der Waals surface area contributed by atoms with Gasteiger partial charge >= 0.3 is 0 Å². The quantitative estimate of drug-likeness (QED) is 0.628. The topological polar surface area (TPSA) is 131 Å². The average Bonchev–Trinajstić information content (AvgIpc) is 2.61. The Morgan fingerprint density at radius 3 is 2.04 bits per heavy atom. The summed E-state index contributed by atoms with van der Waals surface area (Å²) < 4.78 is 58.5. The largest absolute Gasteiger partial charge is 0.495 e. The lowest BCUT2D eigenvalue weighted by Gasteiger charge is -2.13. The van der Waals surface area contributed by atoms with Crippen molar-refractivity contribution in [3.8, 4) is 5.75 Å². The summed E-state index contributed by atoms with van der Waals surface area (Å²) in [4.78, 5) is 11.0. The number of benzene rings is 2. The molecule has 0 bridgehead atoms. The Morgan fingerprint density at radius 2 is 1.52 bits per heavy atom. The highest BCUT2D eigenvalue weighted by Crippen LogP contribution is 2.29. The Bertz CT molecular complexity index is 1050. The third-order valence-corrected chi connectivity index (χ3v) is 6.29. The lowest BCUT2D eigenvalue weighted by atomic mass is 10.3. The fourth-order valence-corrected chi connectivity index (χ4v) is 4.18. The number of nitrogens with one attached hydrogen (secondary N) is 3. The summed E-state index contributed by atoms with van der Waals surface area (Å²) in [6.07, 6.45) is 0. The second-order valence-electron chi connectivity index (χ2n) is 5.38. The summed E-state index contributed by atoms with van der Waals surface area (Å²) >= 11 is 0. The zero-order valence-electron chi connectivity index (χ0n) is 14.8. The fourth-order valence-electron chi connectivity index (χ4n) is 2.20. The predicted octanol–water partition coefficient (Wildman–Crippen LogP) is 1.36. The Labute approximate surface area is 157 Å². The van der Waals surface area contributed by atoms with E-state index in [4.69, 9.17) is 4.74 Å². The number of sulfonamides is 2. The van der Waals surface area contributed by atoms with Gasteiger partial charge in [0.15, 0.2) is 0 Å². The summed E-state index contributed by atoms with van der Waals surface area (Å²) in [5, 5.41) is 2.50. The molecule has 0 heterocycles. The number of amides is 1. The van der Waals surface area contributed by atoms with Crippen molar-refractivity contribution in [2.24, 2.45) is 0 Å². The molecule has 0 aliphatic heterocycles. The van der Waals surface area contributed by atoms with Crippen molar-refractivity contribution >= 4 is 37.3 Å². The van der Waals surface area contributed by atoms with Gasteiger partial charge in [0.2, 0.25) is 15.9 Å². The summed E-state index contributed by atoms with van der Waals surface area (Å²) in [6.45, 7) is 1.30. The van der Waals surface area contributed by atoms with E-state index in [9.17, 15) is 21.6 Å². The molecule has 2 rings (SSSR count). The summed E-state index contributed by atoms with van der Waals surface area (Å²) in [5.41, 5.74) is 0.455. The molecular weight excluding hydrogens is 394 g/mol. The second kappa shape index (κ2) is 7.94. The number of hydrogen-bond acceptors (Lipinski definition) is 6. The van der Waals surface area contributed by atoms with Crippen molar-refractivity contribution in [2.75, 3.05) is 24.2 Å². The Balaban J connectivity index is 2.37. The van der Waals surface area contributed by atoms with E-state index in [1.165, 1.54) is 63.5 Å². The molecule has 0 unspecified atom stereocenters. The van der Waals surface area contributed by atoms with Gasteiger partial charge in [0.05, 0.1) is 12.0 Å². The molecule has 0 aromatic heterocycles. The van der Waals surface area contributed by atoms with Crippen LogP contribution in [0.2, 0.25) is 0 Å². The first-order chi connectivity index (χ1) is 12.6. The third-order valence-electron chi connectivity index (χ3n) is 3.46. The second-order valence-corrected chi connectivity index (χ2v) is 8.92. The van der Waals surface area contributed by atoms with E-state index in [0.717, 1.165) is 0 Å². The molecule has 0 saturated heterocycles. The molecule has 0 saturated carbocycles. The van der Waals surface area contributed by atoms with Crippen molar-refractivity contribution in [3.05, 3.63) is 42.5 Å². The normalized spacial score (nSPS) is 11.7. The van der Waals surface area contributed by atoms with E-state index >= 15 is 0 Å². The Morgan fingerprint density at radius 1 is 0.926 bits per heavy atom. The van der Waals surface area contributed by atoms with E-state index in [1.54, 1.807) is 0 Å². The minimum atomic E-state index is -4.06. The smallest absolute Gasteiger partial charge is 0.265 e. The number of carbonyl (C=O) groups is 1. The first kappa shape index (κ1) is 20.7. The molecule has 9 nitrogen and oxygen atoms in total. The van der Waals surface area contributed by atoms with Crippen LogP contribution < -0.4 is 19.5 Å². The maximum absolute atomic E-state index is 12.7. The highest BCUT2D eigenvalue weighted by Gasteiger charge is 2.21. The van der Waals surface area contributed by atoms with Gasteiger partial charge in [0.25, 0.3) is 10.0 Å². The van der Waals surface area contributed by atoms with E-state index in [1.807, 2.05) is 0 Å². The first-order valence-electron chi connectivity index (χ1n) is 7.61. The van der Waals surface area contributed by atoms with Gasteiger partial charge in [0, 0.05) is 18.3 Å². The number of rotatable bonds is 7. The maximum Gasteiger partial charge on any atom is 0.265 e. The van der Waals surface area contributed by atoms with Crippen molar-refractivity contribution in [1.29, 1.82) is 0 Å². The number of hydrogen-bond donors (Lipinski definition) is 3. The molecule has 27 heavy (non-hydrogen) atoms. The van der Waals surface area contributed by atoms with Crippen LogP contribution in [0.3, 0.4) is 0 Å². The van der Waals surface area contributed by atoms with Gasteiger partial charge in [-0.15, -0.1) is 0 Å². The van der Waals surface area contributed by atoms with Gasteiger partial charge in [-0.2, -0.15) is 0 Å². The van der Waals surface area contributed by atoms with Crippen molar-refractivity contribution < 1.29 is 26.4 Å². The summed E-state index contributed by atoms with van der Waals surface area (Å²) in [7, 11) is -5.08. The standard InChI is InChI=1S/C16H19N3O6S2/c1-11(20)18-13-6-9-15(25-3)16(10-13)27(23,24)19-12-4-7-14(8-5-12)26(21,22)17-2/h4-10,17,19H,1-3H3,(H,18,20). The zero-order chi connectivity index (χ0) is 20.2. The molecule has 0 aliphatic carbocycles. The molecular formula is C16H19N3O6S2. The average molecular weight is 413 g/mol. The van der Waals surface area contributed by atoms with Gasteiger partial charge < -0.3 is 10.1 Å². The van der Waals surface area contributed by atoms with Gasteiger partial charge in [-0.3, -0.25) is 9.52 Å².